The molecule has 0 radical (unpaired) electrons. The van der Waals surface area contributed by atoms with E-state index in [0.29, 0.717) is 5.69 Å². The first-order valence-corrected chi connectivity index (χ1v) is 9.12. The number of rotatable bonds is 6. The molecule has 1 aromatic carbocycles. The van der Waals surface area contributed by atoms with Crippen LogP contribution in [0.15, 0.2) is 32.3 Å². The fraction of sp³-hybridized carbons (Fsp3) is 0.250. The second kappa shape index (κ2) is 7.79. The van der Waals surface area contributed by atoms with E-state index in [1.54, 1.807) is 0 Å². The minimum absolute atomic E-state index is 0.0857. The van der Waals surface area contributed by atoms with Crippen molar-refractivity contribution in [3.05, 3.63) is 39.9 Å². The molecular formula is C12H13BrFN5O4S. The molecule has 0 aliphatic heterocycles. The highest BCUT2D eigenvalue weighted by Gasteiger charge is 2.18. The van der Waals surface area contributed by atoms with Crippen LogP contribution in [0.25, 0.3) is 0 Å². The molecule has 0 unspecified atom stereocenters. The topological polar surface area (TPSA) is 130 Å². The van der Waals surface area contributed by atoms with Crippen molar-refractivity contribution < 1.29 is 22.5 Å². The highest BCUT2D eigenvalue weighted by molar-refractivity contribution is 9.10. The molecule has 1 heterocycles. The van der Waals surface area contributed by atoms with Gasteiger partial charge in [-0.15, -0.1) is 0 Å². The number of nitrogens with zero attached hydrogens (tertiary/aromatic N) is 3. The van der Waals surface area contributed by atoms with Crippen LogP contribution in [-0.4, -0.2) is 42.7 Å². The van der Waals surface area contributed by atoms with Gasteiger partial charge in [-0.1, -0.05) is 5.16 Å². The summed E-state index contributed by atoms with van der Waals surface area (Å²) in [6.45, 7) is -0.729. The van der Waals surface area contributed by atoms with Gasteiger partial charge in [-0.2, -0.15) is 0 Å². The second-order valence-electron chi connectivity index (χ2n) is 4.55. The molecular weight excluding hydrogens is 409 g/mol. The number of sulfonamides is 1. The van der Waals surface area contributed by atoms with Crippen LogP contribution >= 0.6 is 15.9 Å². The van der Waals surface area contributed by atoms with Crippen LogP contribution in [-0.2, 0) is 16.6 Å². The molecule has 0 spiro atoms. The van der Waals surface area contributed by atoms with Gasteiger partial charge in [0.15, 0.2) is 11.5 Å². The van der Waals surface area contributed by atoms with E-state index in [1.807, 2.05) is 0 Å². The molecule has 0 amide bonds. The van der Waals surface area contributed by atoms with Crippen LogP contribution in [0.3, 0.4) is 0 Å². The fourth-order valence-electron chi connectivity index (χ4n) is 1.66. The summed E-state index contributed by atoms with van der Waals surface area (Å²) in [4.78, 5) is 3.83. The molecule has 0 bridgehead atoms. The smallest absolute Gasteiger partial charge is 0.209 e. The van der Waals surface area contributed by atoms with E-state index in [0.717, 1.165) is 6.26 Å². The zero-order valence-electron chi connectivity index (χ0n) is 12.3. The van der Waals surface area contributed by atoms with Crippen LogP contribution in [0.4, 0.5) is 10.1 Å². The molecule has 0 saturated carbocycles. The maximum atomic E-state index is 13.3. The molecule has 0 fully saturated rings. The molecule has 9 nitrogen and oxygen atoms in total. The van der Waals surface area contributed by atoms with Crippen molar-refractivity contribution in [3.8, 4) is 0 Å². The van der Waals surface area contributed by atoms with Gasteiger partial charge in [0.05, 0.1) is 17.3 Å². The van der Waals surface area contributed by atoms with Gasteiger partial charge in [0, 0.05) is 5.69 Å². The van der Waals surface area contributed by atoms with E-state index >= 15 is 0 Å². The predicted molar refractivity (Wildman–Crippen MR) is 87.3 cm³/mol. The Hall–Kier alpha value is -1.89. The highest BCUT2D eigenvalue weighted by Crippen LogP contribution is 2.21. The van der Waals surface area contributed by atoms with E-state index in [9.17, 15) is 12.8 Å². The average Bonchev–Trinajstić information content (AvgIpc) is 2.96. The first-order valence-electron chi connectivity index (χ1n) is 6.44. The summed E-state index contributed by atoms with van der Waals surface area (Å²) in [6, 6.07) is 4.15. The number of aliphatic hydroxyl groups excluding tert-OH is 1. The van der Waals surface area contributed by atoms with Crippen molar-refractivity contribution in [2.75, 3.05) is 18.3 Å². The van der Waals surface area contributed by atoms with Crippen molar-refractivity contribution in [2.45, 2.75) is 6.54 Å². The molecule has 0 atom stereocenters. The minimum atomic E-state index is -3.44. The summed E-state index contributed by atoms with van der Waals surface area (Å²) in [6.07, 6.45) is 0.997. The normalized spacial score (nSPS) is 12.4. The summed E-state index contributed by atoms with van der Waals surface area (Å²) >= 11 is 3.06. The minimum Gasteiger partial charge on any atom is -0.374 e. The Morgan fingerprint density at radius 2 is 2.21 bits per heavy atom. The molecule has 130 valence electrons. The van der Waals surface area contributed by atoms with E-state index < -0.39 is 22.6 Å². The predicted octanol–water partition coefficient (Wildman–Crippen LogP) is 0.829. The number of halogens is 2. The van der Waals surface area contributed by atoms with Crippen LogP contribution < -0.4 is 10.0 Å². The maximum Gasteiger partial charge on any atom is 0.209 e. The van der Waals surface area contributed by atoms with Gasteiger partial charge < -0.3 is 10.4 Å². The first-order chi connectivity index (χ1) is 11.3. The molecule has 2 aromatic rings. The standard InChI is InChI=1S/C12H13BrFN5O4S/c1-24(21,22)16-5-10-11(19-23-18-10)12(15-6-20)17-7-2-3-9(14)8(13)4-7/h2-4,16,20H,5-6H2,1H3,(H,15,17). The van der Waals surface area contributed by atoms with Crippen LogP contribution in [0.5, 0.6) is 0 Å². The number of aliphatic hydroxyl groups is 1. The summed E-state index contributed by atoms with van der Waals surface area (Å²) < 4.78 is 42.7. The van der Waals surface area contributed by atoms with Gasteiger partial charge in [-0.25, -0.2) is 27.2 Å². The molecule has 0 aliphatic carbocycles. The first kappa shape index (κ1) is 18.4. The zero-order valence-corrected chi connectivity index (χ0v) is 14.7. The van der Waals surface area contributed by atoms with Gasteiger partial charge in [0.2, 0.25) is 10.0 Å². The molecule has 12 heteroatoms. The fourth-order valence-corrected chi connectivity index (χ4v) is 2.43. The molecule has 0 saturated heterocycles. The number of nitrogens with one attached hydrogen (secondary N) is 2. The Morgan fingerprint density at radius 1 is 1.46 bits per heavy atom. The second-order valence-corrected chi connectivity index (χ2v) is 7.24. The number of anilines is 1. The van der Waals surface area contributed by atoms with Crippen LogP contribution in [0.2, 0.25) is 0 Å². The van der Waals surface area contributed by atoms with Crippen molar-refractivity contribution >= 4 is 37.5 Å². The Bertz CT molecular complexity index is 855. The Balaban J connectivity index is 2.27. The number of aromatic nitrogens is 2. The number of amidine groups is 1. The molecule has 0 aliphatic rings. The third kappa shape index (κ3) is 5.06. The van der Waals surface area contributed by atoms with Gasteiger partial charge in [0.1, 0.15) is 18.2 Å². The monoisotopic (exact) mass is 421 g/mol. The van der Waals surface area contributed by atoms with Crippen molar-refractivity contribution in [2.24, 2.45) is 4.99 Å². The third-order valence-electron chi connectivity index (χ3n) is 2.69. The SMILES string of the molecule is CS(=O)(=O)NCc1nonc1C(=NCO)Nc1ccc(F)c(Br)c1. The Morgan fingerprint density at radius 3 is 2.83 bits per heavy atom. The van der Waals surface area contributed by atoms with Crippen LogP contribution in [0.1, 0.15) is 11.4 Å². The molecule has 24 heavy (non-hydrogen) atoms. The number of hydrogen-bond acceptors (Lipinski definition) is 7. The Labute approximate surface area is 145 Å². The van der Waals surface area contributed by atoms with E-state index in [-0.39, 0.29) is 28.2 Å². The van der Waals surface area contributed by atoms with Crippen LogP contribution in [0, 0.1) is 5.82 Å². The van der Waals surface area contributed by atoms with E-state index in [4.69, 9.17) is 5.11 Å². The van der Waals surface area contributed by atoms with E-state index in [2.05, 4.69) is 45.9 Å². The molecule has 1 aromatic heterocycles. The Kier molecular flexibility index (Phi) is 5.99. The molecule has 3 N–H and O–H groups in total. The lowest BCUT2D eigenvalue weighted by Gasteiger charge is -2.09. The van der Waals surface area contributed by atoms with Crippen molar-refractivity contribution in [1.82, 2.24) is 15.0 Å². The number of hydrogen-bond donors (Lipinski definition) is 3. The van der Waals surface area contributed by atoms with Gasteiger partial charge in [0.25, 0.3) is 0 Å². The third-order valence-corrected chi connectivity index (χ3v) is 3.97. The molecule has 2 rings (SSSR count). The average molecular weight is 422 g/mol. The van der Waals surface area contributed by atoms with E-state index in [1.165, 1.54) is 18.2 Å². The van der Waals surface area contributed by atoms with Crippen molar-refractivity contribution in [3.63, 3.8) is 0 Å². The van der Waals surface area contributed by atoms with Crippen molar-refractivity contribution in [1.29, 1.82) is 0 Å². The van der Waals surface area contributed by atoms with Gasteiger partial charge >= 0.3 is 0 Å². The summed E-state index contributed by atoms with van der Waals surface area (Å²) in [5.41, 5.74) is 0.738. The summed E-state index contributed by atoms with van der Waals surface area (Å²) in [5.74, 6) is -0.357. The van der Waals surface area contributed by atoms with Gasteiger partial charge in [-0.05, 0) is 39.3 Å². The summed E-state index contributed by atoms with van der Waals surface area (Å²) in [5, 5.41) is 19.2. The number of benzene rings is 1. The number of aliphatic imine (C=N–C) groups is 1. The maximum absolute atomic E-state index is 13.3. The summed E-state index contributed by atoms with van der Waals surface area (Å²) in [7, 11) is -3.44. The largest absolute Gasteiger partial charge is 0.374 e. The zero-order chi connectivity index (χ0) is 17.7. The highest BCUT2D eigenvalue weighted by atomic mass is 79.9. The lowest BCUT2D eigenvalue weighted by Crippen LogP contribution is -2.24. The van der Waals surface area contributed by atoms with Gasteiger partial charge in [-0.3, -0.25) is 0 Å². The quantitative estimate of drug-likeness (QED) is 0.465. The lowest BCUT2D eigenvalue weighted by molar-refractivity contribution is 0.301. The lowest BCUT2D eigenvalue weighted by atomic mass is 10.2.